The molecule has 0 atom stereocenters. The molecule has 3 aromatic rings. The zero-order valence-corrected chi connectivity index (χ0v) is 10.3. The third-order valence-corrected chi connectivity index (χ3v) is 3.04. The monoisotopic (exact) mass is 258 g/mol. The molecule has 5 heteroatoms. The number of benzene rings is 1. The summed E-state index contributed by atoms with van der Waals surface area (Å²) in [6.45, 7) is 0.635. The number of aromatic nitrogens is 3. The SMILES string of the molecule is Nc1nc2ccc(Cl)cc2n1Cc1cccnc1. The van der Waals surface area contributed by atoms with Crippen molar-refractivity contribution >= 4 is 28.6 Å². The van der Waals surface area contributed by atoms with E-state index in [1.54, 1.807) is 6.20 Å². The van der Waals surface area contributed by atoms with Crippen molar-refractivity contribution in [1.29, 1.82) is 0 Å². The van der Waals surface area contributed by atoms with Gasteiger partial charge in [-0.2, -0.15) is 0 Å². The van der Waals surface area contributed by atoms with Crippen molar-refractivity contribution in [2.24, 2.45) is 0 Å². The van der Waals surface area contributed by atoms with Gasteiger partial charge in [0.1, 0.15) is 0 Å². The van der Waals surface area contributed by atoms with Gasteiger partial charge in [-0.25, -0.2) is 4.98 Å². The molecule has 90 valence electrons. The van der Waals surface area contributed by atoms with E-state index < -0.39 is 0 Å². The van der Waals surface area contributed by atoms with Gasteiger partial charge in [0.2, 0.25) is 5.95 Å². The minimum absolute atomic E-state index is 0.483. The fraction of sp³-hybridized carbons (Fsp3) is 0.0769. The number of nitrogens with two attached hydrogens (primary N) is 1. The number of anilines is 1. The minimum atomic E-state index is 0.483. The van der Waals surface area contributed by atoms with Crippen LogP contribution in [0.1, 0.15) is 5.56 Å². The number of imidazole rings is 1. The summed E-state index contributed by atoms with van der Waals surface area (Å²) in [5.74, 6) is 0.483. The van der Waals surface area contributed by atoms with Gasteiger partial charge in [0, 0.05) is 17.4 Å². The topological polar surface area (TPSA) is 56.7 Å². The number of nitrogen functional groups attached to an aromatic ring is 1. The Morgan fingerprint density at radius 2 is 2.17 bits per heavy atom. The van der Waals surface area contributed by atoms with Crippen molar-refractivity contribution in [3.8, 4) is 0 Å². The number of rotatable bonds is 2. The summed E-state index contributed by atoms with van der Waals surface area (Å²) in [7, 11) is 0. The van der Waals surface area contributed by atoms with Crippen molar-refractivity contribution < 1.29 is 0 Å². The number of pyridine rings is 1. The molecule has 2 heterocycles. The van der Waals surface area contributed by atoms with Gasteiger partial charge in [0.25, 0.3) is 0 Å². The molecular weight excluding hydrogens is 248 g/mol. The predicted molar refractivity (Wildman–Crippen MR) is 72.5 cm³/mol. The Bertz CT molecular complexity index is 691. The van der Waals surface area contributed by atoms with E-state index in [0.29, 0.717) is 17.5 Å². The summed E-state index contributed by atoms with van der Waals surface area (Å²) in [6.07, 6.45) is 3.56. The third-order valence-electron chi connectivity index (χ3n) is 2.80. The van der Waals surface area contributed by atoms with Crippen LogP contribution in [-0.2, 0) is 6.54 Å². The fourth-order valence-electron chi connectivity index (χ4n) is 1.95. The molecule has 2 N–H and O–H groups in total. The molecule has 0 unspecified atom stereocenters. The molecule has 3 rings (SSSR count). The summed E-state index contributed by atoms with van der Waals surface area (Å²) in [6, 6.07) is 9.45. The van der Waals surface area contributed by atoms with E-state index in [1.807, 2.05) is 41.1 Å². The highest BCUT2D eigenvalue weighted by Crippen LogP contribution is 2.22. The van der Waals surface area contributed by atoms with Gasteiger partial charge < -0.3 is 10.3 Å². The van der Waals surface area contributed by atoms with Gasteiger partial charge in [-0.3, -0.25) is 4.98 Å². The van der Waals surface area contributed by atoms with Gasteiger partial charge in [0.15, 0.2) is 0 Å². The second-order valence-electron chi connectivity index (χ2n) is 4.05. The van der Waals surface area contributed by atoms with Crippen LogP contribution in [0.4, 0.5) is 5.95 Å². The number of halogens is 1. The van der Waals surface area contributed by atoms with Crippen molar-refractivity contribution in [3.05, 3.63) is 53.3 Å². The molecule has 0 aliphatic heterocycles. The van der Waals surface area contributed by atoms with Crippen molar-refractivity contribution in [2.75, 3.05) is 5.73 Å². The lowest BCUT2D eigenvalue weighted by molar-refractivity contribution is 0.833. The zero-order chi connectivity index (χ0) is 12.5. The van der Waals surface area contributed by atoms with Crippen LogP contribution >= 0.6 is 11.6 Å². The molecule has 0 fully saturated rings. The number of hydrogen-bond acceptors (Lipinski definition) is 3. The molecule has 0 aliphatic carbocycles. The average Bonchev–Trinajstić information content (AvgIpc) is 2.67. The standard InChI is InChI=1S/C13H11ClN4/c14-10-3-4-11-12(6-10)18(13(15)17-11)8-9-2-1-5-16-7-9/h1-7H,8H2,(H2,15,17). The molecule has 0 aliphatic rings. The summed E-state index contributed by atoms with van der Waals surface area (Å²) in [5.41, 5.74) is 8.79. The summed E-state index contributed by atoms with van der Waals surface area (Å²) >= 11 is 6.01. The van der Waals surface area contributed by atoms with Crippen LogP contribution in [0.25, 0.3) is 11.0 Å². The highest BCUT2D eigenvalue weighted by atomic mass is 35.5. The Morgan fingerprint density at radius 3 is 2.94 bits per heavy atom. The molecule has 0 saturated heterocycles. The first kappa shape index (κ1) is 11.0. The Morgan fingerprint density at radius 1 is 1.28 bits per heavy atom. The molecule has 2 aromatic heterocycles. The van der Waals surface area contributed by atoms with E-state index in [-0.39, 0.29) is 0 Å². The Kier molecular flexibility index (Phi) is 2.64. The van der Waals surface area contributed by atoms with Gasteiger partial charge >= 0.3 is 0 Å². The molecule has 0 saturated carbocycles. The molecule has 0 bridgehead atoms. The van der Waals surface area contributed by atoms with Crippen LogP contribution in [-0.4, -0.2) is 14.5 Å². The molecule has 18 heavy (non-hydrogen) atoms. The van der Waals surface area contributed by atoms with E-state index >= 15 is 0 Å². The molecule has 4 nitrogen and oxygen atoms in total. The second kappa shape index (κ2) is 4.31. The lowest BCUT2D eigenvalue weighted by atomic mass is 10.2. The maximum Gasteiger partial charge on any atom is 0.201 e. The highest BCUT2D eigenvalue weighted by molar-refractivity contribution is 6.31. The number of fused-ring (bicyclic) bond motifs is 1. The summed E-state index contributed by atoms with van der Waals surface area (Å²) in [5, 5.41) is 0.676. The van der Waals surface area contributed by atoms with E-state index in [4.69, 9.17) is 17.3 Å². The van der Waals surface area contributed by atoms with Crippen LogP contribution in [0.15, 0.2) is 42.7 Å². The van der Waals surface area contributed by atoms with Crippen molar-refractivity contribution in [2.45, 2.75) is 6.54 Å². The van der Waals surface area contributed by atoms with Crippen molar-refractivity contribution in [3.63, 3.8) is 0 Å². The summed E-state index contributed by atoms with van der Waals surface area (Å²) < 4.78 is 1.93. The van der Waals surface area contributed by atoms with Gasteiger partial charge in [-0.1, -0.05) is 17.7 Å². The third kappa shape index (κ3) is 1.91. The lowest BCUT2D eigenvalue weighted by Crippen LogP contribution is -2.04. The first-order valence-corrected chi connectivity index (χ1v) is 5.92. The van der Waals surface area contributed by atoms with E-state index in [0.717, 1.165) is 16.6 Å². The largest absolute Gasteiger partial charge is 0.369 e. The van der Waals surface area contributed by atoms with E-state index in [2.05, 4.69) is 9.97 Å². The Hall–Kier alpha value is -2.07. The smallest absolute Gasteiger partial charge is 0.201 e. The first-order valence-electron chi connectivity index (χ1n) is 5.54. The second-order valence-corrected chi connectivity index (χ2v) is 4.49. The highest BCUT2D eigenvalue weighted by Gasteiger charge is 2.08. The minimum Gasteiger partial charge on any atom is -0.369 e. The molecule has 0 radical (unpaired) electrons. The van der Waals surface area contributed by atoms with E-state index in [9.17, 15) is 0 Å². The number of hydrogen-bond donors (Lipinski definition) is 1. The normalized spacial score (nSPS) is 10.9. The zero-order valence-electron chi connectivity index (χ0n) is 9.55. The van der Waals surface area contributed by atoms with Gasteiger partial charge in [0.05, 0.1) is 17.6 Å². The van der Waals surface area contributed by atoms with Crippen LogP contribution in [0.5, 0.6) is 0 Å². The van der Waals surface area contributed by atoms with Gasteiger partial charge in [-0.05, 0) is 29.8 Å². The molecule has 0 amide bonds. The lowest BCUT2D eigenvalue weighted by Gasteiger charge is -2.06. The van der Waals surface area contributed by atoms with Crippen molar-refractivity contribution in [1.82, 2.24) is 14.5 Å². The van der Waals surface area contributed by atoms with Gasteiger partial charge in [-0.15, -0.1) is 0 Å². The average molecular weight is 259 g/mol. The summed E-state index contributed by atoms with van der Waals surface area (Å²) in [4.78, 5) is 8.40. The Labute approximate surface area is 109 Å². The van der Waals surface area contributed by atoms with Crippen LogP contribution in [0.2, 0.25) is 5.02 Å². The molecular formula is C13H11ClN4. The Balaban J connectivity index is 2.11. The fourth-order valence-corrected chi connectivity index (χ4v) is 2.12. The van der Waals surface area contributed by atoms with Crippen LogP contribution in [0.3, 0.4) is 0 Å². The van der Waals surface area contributed by atoms with Crippen LogP contribution in [0, 0.1) is 0 Å². The van der Waals surface area contributed by atoms with Crippen LogP contribution < -0.4 is 5.73 Å². The maximum absolute atomic E-state index is 6.01. The molecule has 1 aromatic carbocycles. The van der Waals surface area contributed by atoms with E-state index in [1.165, 1.54) is 0 Å². The number of nitrogens with zero attached hydrogens (tertiary/aromatic N) is 3. The maximum atomic E-state index is 6.01. The molecule has 0 spiro atoms. The first-order chi connectivity index (χ1) is 8.74. The predicted octanol–water partition coefficient (Wildman–Crippen LogP) is 2.72. The quantitative estimate of drug-likeness (QED) is 0.769.